The summed E-state index contributed by atoms with van der Waals surface area (Å²) in [4.78, 5) is 11.2. The number of benzene rings is 2. The molecular weight excluding hydrogens is 293 g/mol. The van der Waals surface area contributed by atoms with Crippen molar-refractivity contribution in [3.05, 3.63) is 63.9 Å². The highest BCUT2D eigenvalue weighted by atomic mass is 35.5. The predicted octanol–water partition coefficient (Wildman–Crippen LogP) is 3.76. The normalized spacial score (nSPS) is 10.8. The van der Waals surface area contributed by atoms with E-state index in [9.17, 15) is 9.18 Å². The molecule has 108 valence electrons. The molecule has 0 radical (unpaired) electrons. The van der Waals surface area contributed by atoms with Crippen molar-refractivity contribution >= 4 is 29.7 Å². The van der Waals surface area contributed by atoms with E-state index in [1.165, 1.54) is 13.2 Å². The van der Waals surface area contributed by atoms with Gasteiger partial charge in [0, 0.05) is 16.7 Å². The van der Waals surface area contributed by atoms with Gasteiger partial charge in [-0.2, -0.15) is 0 Å². The van der Waals surface area contributed by atoms with E-state index < -0.39 is 11.7 Å². The Morgan fingerprint density at radius 3 is 2.62 bits per heavy atom. The summed E-state index contributed by atoms with van der Waals surface area (Å²) in [5, 5.41) is 0.0509. The van der Waals surface area contributed by atoms with E-state index >= 15 is 0 Å². The quantitative estimate of drug-likeness (QED) is 0.874. The molecule has 0 aliphatic carbocycles. The third-order valence-electron chi connectivity index (χ3n) is 2.94. The Bertz CT molecular complexity index is 713. The molecule has 2 rings (SSSR count). The van der Waals surface area contributed by atoms with Crippen LogP contribution in [0.5, 0.6) is 5.75 Å². The number of rotatable bonds is 4. The van der Waals surface area contributed by atoms with E-state index in [0.717, 1.165) is 0 Å². The lowest BCUT2D eigenvalue weighted by molar-refractivity contribution is 0.1000. The van der Waals surface area contributed by atoms with Crippen LogP contribution in [0.15, 0.2) is 36.4 Å². The largest absolute Gasteiger partial charge is 0.496 e. The summed E-state index contributed by atoms with van der Waals surface area (Å²) in [5.41, 5.74) is 6.55. The number of nitrogens with two attached hydrogens (primary N) is 1. The Morgan fingerprint density at radius 2 is 1.95 bits per heavy atom. The number of methoxy groups -OCH3 is 1. The van der Waals surface area contributed by atoms with Crippen molar-refractivity contribution < 1.29 is 13.9 Å². The second-order valence-electron chi connectivity index (χ2n) is 4.30. The highest BCUT2D eigenvalue weighted by Gasteiger charge is 2.07. The number of ether oxygens (including phenoxy) is 1. The third kappa shape index (κ3) is 3.41. The molecule has 0 heterocycles. The number of primary amides is 1. The van der Waals surface area contributed by atoms with Crippen molar-refractivity contribution in [2.75, 3.05) is 7.11 Å². The maximum atomic E-state index is 13.8. The smallest absolute Gasteiger partial charge is 0.248 e. The predicted molar refractivity (Wildman–Crippen MR) is 81.8 cm³/mol. The minimum Gasteiger partial charge on any atom is -0.496 e. The molecule has 0 atom stereocenters. The molecule has 1 amide bonds. The minimum atomic E-state index is -0.541. The average molecular weight is 306 g/mol. The van der Waals surface area contributed by atoms with Gasteiger partial charge in [0.05, 0.1) is 12.1 Å². The summed E-state index contributed by atoms with van der Waals surface area (Å²) in [6.45, 7) is 0. The van der Waals surface area contributed by atoms with Crippen LogP contribution in [-0.2, 0) is 0 Å². The molecular formula is C16H13ClFNO2. The van der Waals surface area contributed by atoms with Gasteiger partial charge in [-0.3, -0.25) is 4.79 Å². The summed E-state index contributed by atoms with van der Waals surface area (Å²) < 4.78 is 19.0. The zero-order valence-electron chi connectivity index (χ0n) is 11.3. The van der Waals surface area contributed by atoms with Gasteiger partial charge in [0.1, 0.15) is 11.6 Å². The average Bonchev–Trinajstić information content (AvgIpc) is 2.48. The van der Waals surface area contributed by atoms with Crippen LogP contribution in [0.1, 0.15) is 21.5 Å². The fraction of sp³-hybridized carbons (Fsp3) is 0.0625. The first-order valence-electron chi connectivity index (χ1n) is 6.13. The SMILES string of the molecule is COc1ccc(C(N)=O)cc1C=Cc1cccc(Cl)c1F. The zero-order chi connectivity index (χ0) is 15.4. The highest BCUT2D eigenvalue weighted by molar-refractivity contribution is 6.30. The van der Waals surface area contributed by atoms with Gasteiger partial charge in [-0.1, -0.05) is 35.9 Å². The van der Waals surface area contributed by atoms with Crippen molar-refractivity contribution in [2.45, 2.75) is 0 Å². The van der Waals surface area contributed by atoms with E-state index in [-0.39, 0.29) is 5.02 Å². The topological polar surface area (TPSA) is 52.3 Å². The lowest BCUT2D eigenvalue weighted by Gasteiger charge is -2.06. The van der Waals surface area contributed by atoms with E-state index in [2.05, 4.69) is 0 Å². The molecule has 0 saturated carbocycles. The van der Waals surface area contributed by atoms with Crippen LogP contribution in [0.4, 0.5) is 4.39 Å². The number of carbonyl (C=O) groups is 1. The molecule has 3 nitrogen and oxygen atoms in total. The number of amides is 1. The lowest BCUT2D eigenvalue weighted by Crippen LogP contribution is -2.10. The molecule has 5 heteroatoms. The number of carbonyl (C=O) groups excluding carboxylic acids is 1. The Morgan fingerprint density at radius 1 is 1.24 bits per heavy atom. The fourth-order valence-electron chi connectivity index (χ4n) is 1.85. The molecule has 0 aliphatic rings. The van der Waals surface area contributed by atoms with Crippen LogP contribution in [-0.4, -0.2) is 13.0 Å². The summed E-state index contributed by atoms with van der Waals surface area (Å²) in [5.74, 6) is -0.486. The van der Waals surface area contributed by atoms with Crippen LogP contribution in [0.3, 0.4) is 0 Å². The van der Waals surface area contributed by atoms with Gasteiger partial charge in [0.15, 0.2) is 0 Å². The first-order valence-corrected chi connectivity index (χ1v) is 6.50. The molecule has 21 heavy (non-hydrogen) atoms. The third-order valence-corrected chi connectivity index (χ3v) is 3.23. The summed E-state index contributed by atoms with van der Waals surface area (Å²) in [6, 6.07) is 9.51. The van der Waals surface area contributed by atoms with E-state index in [0.29, 0.717) is 22.4 Å². The number of hydrogen-bond donors (Lipinski definition) is 1. The minimum absolute atomic E-state index is 0.0509. The van der Waals surface area contributed by atoms with Crippen molar-refractivity contribution in [1.82, 2.24) is 0 Å². The number of halogens is 2. The first kappa shape index (κ1) is 15.1. The first-order chi connectivity index (χ1) is 10.0. The van der Waals surface area contributed by atoms with Crippen LogP contribution < -0.4 is 10.5 Å². The van der Waals surface area contributed by atoms with Crippen molar-refractivity contribution in [3.8, 4) is 5.75 Å². The molecule has 2 N–H and O–H groups in total. The summed E-state index contributed by atoms with van der Waals surface area (Å²) in [6.07, 6.45) is 3.20. The number of hydrogen-bond acceptors (Lipinski definition) is 2. The van der Waals surface area contributed by atoms with Crippen molar-refractivity contribution in [1.29, 1.82) is 0 Å². The van der Waals surface area contributed by atoms with Gasteiger partial charge < -0.3 is 10.5 Å². The second-order valence-corrected chi connectivity index (χ2v) is 4.70. The standard InChI is InChI=1S/C16H13ClFNO2/c1-21-14-8-7-12(16(19)20)9-11(14)6-5-10-3-2-4-13(17)15(10)18/h2-9H,1H3,(H2,19,20). The van der Waals surface area contributed by atoms with Crippen LogP contribution in [0.2, 0.25) is 5.02 Å². The van der Waals surface area contributed by atoms with Gasteiger partial charge in [-0.15, -0.1) is 0 Å². The Kier molecular flexibility index (Phi) is 4.60. The summed E-state index contributed by atoms with van der Waals surface area (Å²) in [7, 11) is 1.51. The van der Waals surface area contributed by atoms with E-state index in [4.69, 9.17) is 22.1 Å². The zero-order valence-corrected chi connectivity index (χ0v) is 12.0. The van der Waals surface area contributed by atoms with Crippen molar-refractivity contribution in [3.63, 3.8) is 0 Å². The lowest BCUT2D eigenvalue weighted by atomic mass is 10.1. The highest BCUT2D eigenvalue weighted by Crippen LogP contribution is 2.24. The maximum absolute atomic E-state index is 13.8. The van der Waals surface area contributed by atoms with E-state index in [1.807, 2.05) is 0 Å². The van der Waals surface area contributed by atoms with Gasteiger partial charge in [-0.05, 0) is 24.3 Å². The second kappa shape index (κ2) is 6.41. The van der Waals surface area contributed by atoms with Gasteiger partial charge in [0.25, 0.3) is 0 Å². The molecule has 0 bridgehead atoms. The fourth-order valence-corrected chi connectivity index (χ4v) is 2.03. The Hall–Kier alpha value is -2.33. The summed E-state index contributed by atoms with van der Waals surface area (Å²) >= 11 is 5.73. The van der Waals surface area contributed by atoms with Gasteiger partial charge in [0.2, 0.25) is 5.91 Å². The monoisotopic (exact) mass is 305 g/mol. The molecule has 0 saturated heterocycles. The molecule has 2 aromatic rings. The van der Waals surface area contributed by atoms with Crippen molar-refractivity contribution in [2.24, 2.45) is 5.73 Å². The van der Waals surface area contributed by atoms with Crippen LogP contribution in [0.25, 0.3) is 12.2 Å². The maximum Gasteiger partial charge on any atom is 0.248 e. The molecule has 0 unspecified atom stereocenters. The molecule has 0 spiro atoms. The van der Waals surface area contributed by atoms with E-state index in [1.54, 1.807) is 42.5 Å². The van der Waals surface area contributed by atoms with Gasteiger partial charge >= 0.3 is 0 Å². The van der Waals surface area contributed by atoms with Gasteiger partial charge in [-0.25, -0.2) is 4.39 Å². The molecule has 2 aromatic carbocycles. The Labute approximate surface area is 126 Å². The molecule has 0 aromatic heterocycles. The Balaban J connectivity index is 2.42. The molecule has 0 aliphatic heterocycles. The van der Waals surface area contributed by atoms with Crippen LogP contribution >= 0.6 is 11.6 Å². The van der Waals surface area contributed by atoms with Crippen LogP contribution in [0, 0.1) is 5.82 Å². The molecule has 0 fully saturated rings.